The van der Waals surface area contributed by atoms with Crippen LogP contribution in [0.2, 0.25) is 0 Å². The Balaban J connectivity index is 2.29. The quantitative estimate of drug-likeness (QED) is 0.554. The number of hydrogen-bond donors (Lipinski definition) is 1. The second-order valence-electron chi connectivity index (χ2n) is 4.07. The molecule has 0 bridgehead atoms. The van der Waals surface area contributed by atoms with Crippen LogP contribution in [0.15, 0.2) is 18.2 Å². The van der Waals surface area contributed by atoms with Crippen LogP contribution in [0.1, 0.15) is 19.4 Å². The summed E-state index contributed by atoms with van der Waals surface area (Å²) in [6, 6.07) is 3.55. The van der Waals surface area contributed by atoms with Crippen molar-refractivity contribution in [3.63, 3.8) is 0 Å². The molecule has 0 unspecified atom stereocenters. The van der Waals surface area contributed by atoms with Crippen molar-refractivity contribution < 1.29 is 18.3 Å². The fraction of sp³-hybridized carbons (Fsp3) is 0.571. The van der Waals surface area contributed by atoms with E-state index in [0.717, 1.165) is 6.07 Å². The van der Waals surface area contributed by atoms with E-state index in [0.29, 0.717) is 38.3 Å². The summed E-state index contributed by atoms with van der Waals surface area (Å²) in [7, 11) is 0. The topological polar surface area (TPSA) is 30.5 Å². The normalized spacial score (nSPS) is 11.2. The van der Waals surface area contributed by atoms with Crippen molar-refractivity contribution in [2.45, 2.75) is 26.6 Å². The zero-order chi connectivity index (χ0) is 14.1. The lowest BCUT2D eigenvalue weighted by Crippen LogP contribution is -2.32. The molecule has 0 heterocycles. The summed E-state index contributed by atoms with van der Waals surface area (Å²) >= 11 is 0. The number of hydrogen-bond acceptors (Lipinski definition) is 3. The molecular formula is C14H21F2NO2. The third-order valence-corrected chi connectivity index (χ3v) is 2.53. The van der Waals surface area contributed by atoms with E-state index in [1.54, 1.807) is 0 Å². The minimum absolute atomic E-state index is 0.278. The molecule has 0 aliphatic rings. The molecule has 0 spiro atoms. The SMILES string of the molecule is CCOC(CNCCc1cc(F)cc(F)c1)OCC. The van der Waals surface area contributed by atoms with Crippen molar-refractivity contribution in [3.8, 4) is 0 Å². The summed E-state index contributed by atoms with van der Waals surface area (Å²) in [5.74, 6) is -1.09. The predicted octanol–water partition coefficient (Wildman–Crippen LogP) is 2.50. The Morgan fingerprint density at radius 3 is 2.16 bits per heavy atom. The van der Waals surface area contributed by atoms with E-state index in [4.69, 9.17) is 9.47 Å². The van der Waals surface area contributed by atoms with Crippen LogP contribution < -0.4 is 5.32 Å². The maximum atomic E-state index is 13.0. The molecule has 0 saturated heterocycles. The second kappa shape index (κ2) is 8.96. The third kappa shape index (κ3) is 6.61. The van der Waals surface area contributed by atoms with Gasteiger partial charge in [0.1, 0.15) is 11.6 Å². The van der Waals surface area contributed by atoms with Gasteiger partial charge in [0.2, 0.25) is 0 Å². The van der Waals surface area contributed by atoms with Crippen LogP contribution in [-0.4, -0.2) is 32.6 Å². The summed E-state index contributed by atoms with van der Waals surface area (Å²) in [6.45, 7) is 6.14. The Kier molecular flexibility index (Phi) is 7.55. The van der Waals surface area contributed by atoms with E-state index < -0.39 is 11.6 Å². The van der Waals surface area contributed by atoms with Gasteiger partial charge in [-0.3, -0.25) is 0 Å². The lowest BCUT2D eigenvalue weighted by molar-refractivity contribution is -0.132. The molecule has 19 heavy (non-hydrogen) atoms. The summed E-state index contributed by atoms with van der Waals surface area (Å²) < 4.78 is 36.7. The number of halogens is 2. The Hall–Kier alpha value is -1.04. The second-order valence-corrected chi connectivity index (χ2v) is 4.07. The fourth-order valence-electron chi connectivity index (χ4n) is 1.75. The standard InChI is InChI=1S/C14H21F2NO2/c1-3-18-14(19-4-2)10-17-6-5-11-7-12(15)9-13(16)8-11/h7-9,14,17H,3-6,10H2,1-2H3. The van der Waals surface area contributed by atoms with Gasteiger partial charge in [-0.1, -0.05) is 0 Å². The van der Waals surface area contributed by atoms with Gasteiger partial charge in [0.05, 0.1) is 0 Å². The molecule has 108 valence electrons. The number of benzene rings is 1. The molecule has 0 aliphatic carbocycles. The molecule has 0 aliphatic heterocycles. The molecule has 0 atom stereocenters. The lowest BCUT2D eigenvalue weighted by atomic mass is 10.1. The van der Waals surface area contributed by atoms with Crippen LogP contribution in [0.5, 0.6) is 0 Å². The largest absolute Gasteiger partial charge is 0.352 e. The molecular weight excluding hydrogens is 252 g/mol. The molecule has 1 aromatic rings. The van der Waals surface area contributed by atoms with Gasteiger partial charge < -0.3 is 14.8 Å². The highest BCUT2D eigenvalue weighted by atomic mass is 19.1. The first-order chi connectivity index (χ1) is 9.15. The summed E-state index contributed by atoms with van der Waals surface area (Å²) in [5, 5.41) is 3.15. The van der Waals surface area contributed by atoms with E-state index in [-0.39, 0.29) is 6.29 Å². The first-order valence-electron chi connectivity index (χ1n) is 6.54. The Bertz CT molecular complexity index is 348. The van der Waals surface area contributed by atoms with E-state index >= 15 is 0 Å². The van der Waals surface area contributed by atoms with Crippen LogP contribution in [0, 0.1) is 11.6 Å². The highest BCUT2D eigenvalue weighted by molar-refractivity contribution is 5.18. The van der Waals surface area contributed by atoms with Crippen LogP contribution in [0.25, 0.3) is 0 Å². The molecule has 1 rings (SSSR count). The first-order valence-corrected chi connectivity index (χ1v) is 6.54. The van der Waals surface area contributed by atoms with E-state index in [1.165, 1.54) is 12.1 Å². The number of nitrogens with one attached hydrogen (secondary N) is 1. The predicted molar refractivity (Wildman–Crippen MR) is 70.0 cm³/mol. The first kappa shape index (κ1) is 16.0. The molecule has 0 amide bonds. The van der Waals surface area contributed by atoms with Gasteiger partial charge in [0, 0.05) is 25.8 Å². The lowest BCUT2D eigenvalue weighted by Gasteiger charge is -2.17. The van der Waals surface area contributed by atoms with Gasteiger partial charge in [0.25, 0.3) is 0 Å². The van der Waals surface area contributed by atoms with Crippen molar-refractivity contribution in [2.75, 3.05) is 26.3 Å². The van der Waals surface area contributed by atoms with E-state index in [9.17, 15) is 8.78 Å². The summed E-state index contributed by atoms with van der Waals surface area (Å²) in [4.78, 5) is 0. The Morgan fingerprint density at radius 2 is 1.63 bits per heavy atom. The summed E-state index contributed by atoms with van der Waals surface area (Å²) in [6.07, 6.45) is 0.277. The highest BCUT2D eigenvalue weighted by Crippen LogP contribution is 2.08. The minimum Gasteiger partial charge on any atom is -0.352 e. The molecule has 0 fully saturated rings. The average Bonchev–Trinajstić information content (AvgIpc) is 2.34. The molecule has 0 radical (unpaired) electrons. The Morgan fingerprint density at radius 1 is 1.05 bits per heavy atom. The van der Waals surface area contributed by atoms with Crippen molar-refractivity contribution in [1.82, 2.24) is 5.32 Å². The maximum Gasteiger partial charge on any atom is 0.169 e. The van der Waals surface area contributed by atoms with Gasteiger partial charge in [-0.25, -0.2) is 8.78 Å². The highest BCUT2D eigenvalue weighted by Gasteiger charge is 2.07. The van der Waals surface area contributed by atoms with E-state index in [1.807, 2.05) is 13.8 Å². The average molecular weight is 273 g/mol. The molecule has 0 aromatic heterocycles. The van der Waals surface area contributed by atoms with Crippen LogP contribution in [0.3, 0.4) is 0 Å². The van der Waals surface area contributed by atoms with Crippen molar-refractivity contribution in [3.05, 3.63) is 35.4 Å². The molecule has 1 N–H and O–H groups in total. The van der Waals surface area contributed by atoms with Crippen LogP contribution >= 0.6 is 0 Å². The molecule has 0 saturated carbocycles. The van der Waals surface area contributed by atoms with Crippen LogP contribution in [0.4, 0.5) is 8.78 Å². The van der Waals surface area contributed by atoms with Crippen molar-refractivity contribution >= 4 is 0 Å². The van der Waals surface area contributed by atoms with Gasteiger partial charge in [-0.05, 0) is 44.5 Å². The minimum atomic E-state index is -0.545. The summed E-state index contributed by atoms with van der Waals surface area (Å²) in [5.41, 5.74) is 0.634. The Labute approximate surface area is 112 Å². The zero-order valence-corrected chi connectivity index (χ0v) is 11.4. The van der Waals surface area contributed by atoms with Gasteiger partial charge >= 0.3 is 0 Å². The fourth-order valence-corrected chi connectivity index (χ4v) is 1.75. The van der Waals surface area contributed by atoms with Crippen LogP contribution in [-0.2, 0) is 15.9 Å². The van der Waals surface area contributed by atoms with Gasteiger partial charge in [-0.15, -0.1) is 0 Å². The number of ether oxygens (including phenoxy) is 2. The molecule has 3 nitrogen and oxygen atoms in total. The molecule has 5 heteroatoms. The number of rotatable bonds is 9. The third-order valence-electron chi connectivity index (χ3n) is 2.53. The van der Waals surface area contributed by atoms with Gasteiger partial charge in [-0.2, -0.15) is 0 Å². The monoisotopic (exact) mass is 273 g/mol. The zero-order valence-electron chi connectivity index (χ0n) is 11.4. The van der Waals surface area contributed by atoms with Gasteiger partial charge in [0.15, 0.2) is 6.29 Å². The van der Waals surface area contributed by atoms with E-state index in [2.05, 4.69) is 5.32 Å². The van der Waals surface area contributed by atoms with Crippen molar-refractivity contribution in [1.29, 1.82) is 0 Å². The molecule has 1 aromatic carbocycles. The smallest absolute Gasteiger partial charge is 0.169 e. The van der Waals surface area contributed by atoms with Crippen molar-refractivity contribution in [2.24, 2.45) is 0 Å². The maximum absolute atomic E-state index is 13.0.